The van der Waals surface area contributed by atoms with Crippen LogP contribution in [0.5, 0.6) is 0 Å². The summed E-state index contributed by atoms with van der Waals surface area (Å²) >= 11 is 0. The third-order valence-corrected chi connectivity index (χ3v) is 15.9. The van der Waals surface area contributed by atoms with Crippen molar-refractivity contribution in [1.82, 2.24) is 0 Å². The molecule has 0 saturated carbocycles. The maximum Gasteiger partial charge on any atom is 0.155 e. The van der Waals surface area contributed by atoms with E-state index in [-0.39, 0.29) is 59.1 Å². The number of anilines is 6. The van der Waals surface area contributed by atoms with Crippen molar-refractivity contribution >= 4 is 51.5 Å². The second-order valence-corrected chi connectivity index (χ2v) is 21.2. The van der Waals surface area contributed by atoms with Crippen molar-refractivity contribution in [3.05, 3.63) is 179 Å². The second kappa shape index (κ2) is 26.7. The highest BCUT2D eigenvalue weighted by Gasteiger charge is 2.31. The van der Waals surface area contributed by atoms with Gasteiger partial charge in [-0.3, -0.25) is 14.4 Å². The number of hydrogen-bond acceptors (Lipinski definition) is 12. The van der Waals surface area contributed by atoms with Gasteiger partial charge in [-0.1, -0.05) is 91.0 Å². The summed E-state index contributed by atoms with van der Waals surface area (Å²) < 4.78 is 0. The van der Waals surface area contributed by atoms with E-state index >= 15 is 0 Å². The number of Topliss-reactive ketones (excluding diaryl/α,β-unsaturated/α-hetero) is 3. The largest absolute Gasteiger partial charge is 0.384 e. The van der Waals surface area contributed by atoms with Crippen molar-refractivity contribution in [2.24, 2.45) is 17.2 Å². The molecule has 398 valence electrons. The summed E-state index contributed by atoms with van der Waals surface area (Å²) in [4.78, 5) is 42.3. The standard InChI is InChI=1S/C64H79N9O3/c65-34-10-7-19-58(61(74)37-46-40-68-55-16-4-1-13-52(46)55)71-49-28-22-43(23-29-49)64(44-24-30-50(31-25-44)72-59(20-8-11-35-66)62(75)38-47-41-69-56-17-5-2-14-53(47)56)45-26-32-51(33-27-45)73-60(21-9-12-36-67)63(76)39-48-42-70-57-18-6-3-15-54(48)57/h1-6,13-18,22-33,46-48,58-60,64,68-73H,7-12,19-21,34-42,65-67H2/t46?,47?,48?,58-,59-,60-,64?/m0/s1. The molecule has 6 aromatic rings. The number of benzene rings is 6. The lowest BCUT2D eigenvalue weighted by Crippen LogP contribution is -2.31. The number of carbonyl (C=O) groups excluding carboxylic acids is 3. The minimum Gasteiger partial charge on any atom is -0.384 e. The fraction of sp³-hybridized carbons (Fsp3) is 0.391. The molecule has 0 bridgehead atoms. The van der Waals surface area contributed by atoms with E-state index in [4.69, 9.17) is 17.2 Å². The van der Waals surface area contributed by atoms with E-state index in [2.05, 4.69) is 141 Å². The first-order chi connectivity index (χ1) is 37.3. The van der Waals surface area contributed by atoms with Crippen molar-refractivity contribution < 1.29 is 14.4 Å². The molecule has 76 heavy (non-hydrogen) atoms. The molecular formula is C64H79N9O3. The van der Waals surface area contributed by atoms with E-state index in [0.29, 0.717) is 58.2 Å². The number of fused-ring (bicyclic) bond motifs is 3. The smallest absolute Gasteiger partial charge is 0.155 e. The molecule has 6 atom stereocenters. The molecule has 9 rings (SSSR count). The average Bonchev–Trinajstić information content (AvgIpc) is 4.18. The summed E-state index contributed by atoms with van der Waals surface area (Å²) in [7, 11) is 0. The van der Waals surface area contributed by atoms with Crippen molar-refractivity contribution in [2.75, 3.05) is 71.2 Å². The van der Waals surface area contributed by atoms with Gasteiger partial charge < -0.3 is 49.1 Å². The number of nitrogens with one attached hydrogen (secondary N) is 6. The van der Waals surface area contributed by atoms with Crippen LogP contribution in [-0.4, -0.2) is 74.7 Å². The molecule has 12 heteroatoms. The summed E-state index contributed by atoms with van der Waals surface area (Å²) in [6.45, 7) is 4.04. The van der Waals surface area contributed by atoms with E-state index in [1.54, 1.807) is 0 Å². The van der Waals surface area contributed by atoms with Crippen LogP contribution in [0, 0.1) is 0 Å². The van der Waals surface area contributed by atoms with Crippen molar-refractivity contribution in [3.63, 3.8) is 0 Å². The lowest BCUT2D eigenvalue weighted by atomic mass is 9.84. The number of rotatable bonds is 30. The van der Waals surface area contributed by atoms with Gasteiger partial charge in [-0.15, -0.1) is 0 Å². The molecule has 0 saturated heterocycles. The van der Waals surface area contributed by atoms with Gasteiger partial charge in [-0.25, -0.2) is 0 Å². The minimum atomic E-state index is -0.339. The Labute approximate surface area is 450 Å². The number of carbonyl (C=O) groups is 3. The quantitative estimate of drug-likeness (QED) is 0.0153. The van der Waals surface area contributed by atoms with Gasteiger partial charge >= 0.3 is 0 Å². The molecule has 0 aromatic heterocycles. The van der Waals surface area contributed by atoms with E-state index in [9.17, 15) is 14.4 Å². The third kappa shape index (κ3) is 13.7. The first-order valence-corrected chi connectivity index (χ1v) is 28.0. The summed E-state index contributed by atoms with van der Waals surface area (Å²) in [6.07, 6.45) is 8.68. The van der Waals surface area contributed by atoms with Gasteiger partial charge in [0.2, 0.25) is 0 Å². The molecule has 12 nitrogen and oxygen atoms in total. The minimum absolute atomic E-state index is 0.138. The summed E-state index contributed by atoms with van der Waals surface area (Å²) in [5, 5.41) is 21.4. The van der Waals surface area contributed by atoms with Gasteiger partial charge in [0.25, 0.3) is 0 Å². The lowest BCUT2D eigenvalue weighted by molar-refractivity contribution is -0.121. The number of para-hydroxylation sites is 3. The molecule has 0 radical (unpaired) electrons. The van der Waals surface area contributed by atoms with Crippen LogP contribution in [0.15, 0.2) is 146 Å². The Morgan fingerprint density at radius 1 is 0.395 bits per heavy atom. The first kappa shape index (κ1) is 53.8. The van der Waals surface area contributed by atoms with Gasteiger partial charge in [0.15, 0.2) is 17.3 Å². The Kier molecular flexibility index (Phi) is 18.9. The van der Waals surface area contributed by atoms with E-state index < -0.39 is 0 Å². The monoisotopic (exact) mass is 1020 g/mol. The molecule has 6 aromatic carbocycles. The van der Waals surface area contributed by atoms with Gasteiger partial charge in [0.05, 0.1) is 18.1 Å². The van der Waals surface area contributed by atoms with E-state index in [0.717, 1.165) is 109 Å². The SMILES string of the molecule is NCCCC[C@H](Nc1ccc(C(c2ccc(N[C@@H](CCCCN)C(=O)CC3CNc4ccccc43)cc2)c2ccc(N[C@@H](CCCCN)C(=O)CC3CNc4ccccc43)cc2)cc1)C(=O)CC1CNc2ccccc21. The van der Waals surface area contributed by atoms with Crippen LogP contribution in [0.25, 0.3) is 0 Å². The topological polar surface area (TPSA) is 201 Å². The lowest BCUT2D eigenvalue weighted by Gasteiger charge is -2.24. The Balaban J connectivity index is 0.954. The molecule has 0 fully saturated rings. The summed E-state index contributed by atoms with van der Waals surface area (Å²) in [5.74, 6) is 0.884. The van der Waals surface area contributed by atoms with E-state index in [1.807, 2.05) is 36.4 Å². The Morgan fingerprint density at radius 2 is 0.671 bits per heavy atom. The van der Waals surface area contributed by atoms with Gasteiger partial charge in [0, 0.05) is 96.7 Å². The molecule has 0 spiro atoms. The normalized spacial score (nSPS) is 17.6. The van der Waals surface area contributed by atoms with Crippen LogP contribution in [0.1, 0.15) is 134 Å². The molecule has 3 aliphatic heterocycles. The second-order valence-electron chi connectivity index (χ2n) is 21.2. The third-order valence-electron chi connectivity index (χ3n) is 15.9. The molecule has 12 N–H and O–H groups in total. The fourth-order valence-corrected chi connectivity index (χ4v) is 11.7. The van der Waals surface area contributed by atoms with Gasteiger partial charge in [0.1, 0.15) is 0 Å². The molecule has 3 heterocycles. The highest BCUT2D eigenvalue weighted by Crippen LogP contribution is 2.39. The van der Waals surface area contributed by atoms with Crippen LogP contribution in [-0.2, 0) is 14.4 Å². The van der Waals surface area contributed by atoms with Gasteiger partial charge in [-0.05, 0) is 165 Å². The molecule has 3 unspecified atom stereocenters. The van der Waals surface area contributed by atoms with E-state index in [1.165, 1.54) is 16.7 Å². The molecule has 0 amide bonds. The maximum absolute atomic E-state index is 14.1. The van der Waals surface area contributed by atoms with Crippen LogP contribution in [0.3, 0.4) is 0 Å². The van der Waals surface area contributed by atoms with Crippen LogP contribution < -0.4 is 49.1 Å². The molecular weight excluding hydrogens is 943 g/mol. The number of nitrogens with two attached hydrogens (primary N) is 3. The zero-order valence-corrected chi connectivity index (χ0v) is 44.1. The van der Waals surface area contributed by atoms with Crippen molar-refractivity contribution in [2.45, 2.75) is 119 Å². The highest BCUT2D eigenvalue weighted by molar-refractivity contribution is 5.89. The maximum atomic E-state index is 14.1. The van der Waals surface area contributed by atoms with Gasteiger partial charge in [-0.2, -0.15) is 0 Å². The zero-order chi connectivity index (χ0) is 52.6. The summed E-state index contributed by atoms with van der Waals surface area (Å²) in [6, 6.07) is 49.4. The van der Waals surface area contributed by atoms with Crippen molar-refractivity contribution in [1.29, 1.82) is 0 Å². The number of hydrogen-bond donors (Lipinski definition) is 9. The summed E-state index contributed by atoms with van der Waals surface area (Å²) in [5.41, 5.74) is 30.7. The molecule has 0 aliphatic carbocycles. The zero-order valence-electron chi connectivity index (χ0n) is 44.1. The predicted octanol–water partition coefficient (Wildman–Crippen LogP) is 11.1. The van der Waals surface area contributed by atoms with Crippen LogP contribution in [0.4, 0.5) is 34.1 Å². The molecule has 3 aliphatic rings. The first-order valence-electron chi connectivity index (χ1n) is 28.0. The van der Waals surface area contributed by atoms with Crippen LogP contribution in [0.2, 0.25) is 0 Å². The van der Waals surface area contributed by atoms with Crippen molar-refractivity contribution in [3.8, 4) is 0 Å². The number of unbranched alkanes of at least 4 members (excludes halogenated alkanes) is 3. The fourth-order valence-electron chi connectivity index (χ4n) is 11.7. The highest BCUT2D eigenvalue weighted by atomic mass is 16.1. The Morgan fingerprint density at radius 3 is 0.947 bits per heavy atom. The predicted molar refractivity (Wildman–Crippen MR) is 313 cm³/mol. The Bertz CT molecular complexity index is 2530. The average molecular weight is 1020 g/mol. The Hall–Kier alpha value is -6.99. The van der Waals surface area contributed by atoms with Crippen LogP contribution >= 0.6 is 0 Å². The number of ketones is 3.